The molecular weight excluding hydrogens is 793 g/mol. The van der Waals surface area contributed by atoms with E-state index in [1.807, 2.05) is 24.3 Å². The zero-order valence-corrected chi connectivity index (χ0v) is 33.8. The summed E-state index contributed by atoms with van der Waals surface area (Å²) in [7, 11) is -3.22. The second kappa shape index (κ2) is 18.0. The van der Waals surface area contributed by atoms with E-state index in [1.165, 1.54) is 18.2 Å². The summed E-state index contributed by atoms with van der Waals surface area (Å²) in [6.07, 6.45) is 5.10. The largest absolute Gasteiger partial charge is 0.497 e. The Labute approximate surface area is 346 Å². The van der Waals surface area contributed by atoms with Crippen LogP contribution in [0.4, 0.5) is 0 Å². The van der Waals surface area contributed by atoms with Gasteiger partial charge >= 0.3 is 0 Å². The highest BCUT2D eigenvalue weighted by atomic mass is 32.2. The maximum absolute atomic E-state index is 13.4. The van der Waals surface area contributed by atoms with Crippen LogP contribution in [0.5, 0.6) is 28.7 Å². The fourth-order valence-corrected chi connectivity index (χ4v) is 8.53. The van der Waals surface area contributed by atoms with Gasteiger partial charge in [0.2, 0.25) is 0 Å². The van der Waals surface area contributed by atoms with Gasteiger partial charge in [-0.2, -0.15) is 8.42 Å². The Kier molecular flexibility index (Phi) is 12.6. The summed E-state index contributed by atoms with van der Waals surface area (Å²) in [6, 6.07) is 38.2. The van der Waals surface area contributed by atoms with Gasteiger partial charge in [0.15, 0.2) is 11.6 Å². The highest BCUT2D eigenvalue weighted by Gasteiger charge is 2.36. The fraction of sp³-hybridized carbons (Fsp3) is 0.174. The van der Waals surface area contributed by atoms with E-state index < -0.39 is 20.8 Å². The normalized spacial score (nSPS) is 13.7. The molecule has 1 aliphatic rings. The van der Waals surface area contributed by atoms with Gasteiger partial charge in [0.1, 0.15) is 33.6 Å². The monoisotopic (exact) mass is 832 g/mol. The van der Waals surface area contributed by atoms with Crippen LogP contribution in [0.2, 0.25) is 0 Å². The van der Waals surface area contributed by atoms with E-state index >= 15 is 0 Å². The van der Waals surface area contributed by atoms with Gasteiger partial charge in [-0.05, 0) is 134 Å². The van der Waals surface area contributed by atoms with Crippen LogP contribution >= 0.6 is 12.0 Å². The van der Waals surface area contributed by atoms with Crippen molar-refractivity contribution in [3.8, 4) is 28.7 Å². The van der Waals surface area contributed by atoms with Gasteiger partial charge in [-0.25, -0.2) is 5.26 Å². The Hall–Kier alpha value is -5.80. The molecule has 13 heteroatoms. The van der Waals surface area contributed by atoms with Crippen molar-refractivity contribution in [1.29, 1.82) is 0 Å². The first-order valence-corrected chi connectivity index (χ1v) is 20.9. The average molecular weight is 833 g/mol. The van der Waals surface area contributed by atoms with Gasteiger partial charge < -0.3 is 14.2 Å². The molecule has 0 bridgehead atoms. The smallest absolute Gasteiger partial charge is 0.298 e. The van der Waals surface area contributed by atoms with Crippen molar-refractivity contribution >= 4 is 33.7 Å². The van der Waals surface area contributed by atoms with Crippen LogP contribution in [0.25, 0.3) is 0 Å². The van der Waals surface area contributed by atoms with E-state index in [0.717, 1.165) is 54.9 Å². The molecule has 6 aromatic carbocycles. The van der Waals surface area contributed by atoms with Gasteiger partial charge in [-0.3, -0.25) is 14.1 Å². The van der Waals surface area contributed by atoms with E-state index in [9.17, 15) is 22.6 Å². The first-order valence-electron chi connectivity index (χ1n) is 18.7. The minimum Gasteiger partial charge on any atom is -0.497 e. The van der Waals surface area contributed by atoms with Crippen molar-refractivity contribution in [2.24, 2.45) is 0 Å². The summed E-state index contributed by atoms with van der Waals surface area (Å²) in [4.78, 5) is 26.3. The van der Waals surface area contributed by atoms with Crippen LogP contribution in [-0.2, 0) is 24.9 Å². The van der Waals surface area contributed by atoms with Crippen LogP contribution < -0.4 is 14.2 Å². The third-order valence-electron chi connectivity index (χ3n) is 10.5. The number of rotatable bonds is 15. The zero-order valence-electron chi connectivity index (χ0n) is 32.1. The number of carbonyl (C=O) groups excluding carboxylic acids is 2. The van der Waals surface area contributed by atoms with E-state index in [2.05, 4.69) is 21.5 Å². The van der Waals surface area contributed by atoms with Crippen molar-refractivity contribution in [3.63, 3.8) is 0 Å². The second-order valence-electron chi connectivity index (χ2n) is 14.1. The van der Waals surface area contributed by atoms with Crippen LogP contribution in [0.3, 0.4) is 0 Å². The van der Waals surface area contributed by atoms with Crippen molar-refractivity contribution in [1.82, 2.24) is 0 Å². The first kappa shape index (κ1) is 41.4. The number of carbonyl (C=O) groups is 2. The molecule has 11 nitrogen and oxygen atoms in total. The number of aryl methyl sites for hydroxylation is 1. The van der Waals surface area contributed by atoms with E-state index in [1.54, 1.807) is 86.8 Å². The molecule has 302 valence electrons. The van der Waals surface area contributed by atoms with Gasteiger partial charge in [0.25, 0.3) is 10.1 Å². The molecule has 0 spiro atoms. The maximum atomic E-state index is 13.4. The number of methoxy groups -OCH3 is 1. The van der Waals surface area contributed by atoms with Crippen molar-refractivity contribution < 1.29 is 51.4 Å². The van der Waals surface area contributed by atoms with Crippen LogP contribution in [0.1, 0.15) is 80.6 Å². The lowest BCUT2D eigenvalue weighted by Gasteiger charge is -2.38. The highest BCUT2D eigenvalue weighted by molar-refractivity contribution is 7.94. The molecule has 0 unspecified atom stereocenters. The molecule has 1 fully saturated rings. The Morgan fingerprint density at radius 1 is 0.610 bits per heavy atom. The molecule has 1 aliphatic carbocycles. The van der Waals surface area contributed by atoms with Crippen LogP contribution in [-0.4, -0.2) is 36.9 Å². The minimum atomic E-state index is -4.80. The molecule has 0 saturated heterocycles. The van der Waals surface area contributed by atoms with E-state index in [0.29, 0.717) is 51.1 Å². The molecule has 0 radical (unpaired) electrons. The summed E-state index contributed by atoms with van der Waals surface area (Å²) < 4.78 is 57.1. The third kappa shape index (κ3) is 9.42. The topological polar surface area (TPSA) is 155 Å². The lowest BCUT2D eigenvalue weighted by molar-refractivity contribution is -0.432. The Balaban J connectivity index is 1.06. The second-order valence-corrected chi connectivity index (χ2v) is 16.3. The van der Waals surface area contributed by atoms with E-state index in [-0.39, 0.29) is 28.1 Å². The summed E-state index contributed by atoms with van der Waals surface area (Å²) in [5.41, 5.74) is 4.03. The molecule has 0 aliphatic heterocycles. The number of hydrogen-bond donors (Lipinski definition) is 2. The molecular formula is C46H40O11S2. The summed E-state index contributed by atoms with van der Waals surface area (Å²) in [5.74, 6) is 1.53. The van der Waals surface area contributed by atoms with Gasteiger partial charge in [-0.1, -0.05) is 60.7 Å². The Morgan fingerprint density at radius 3 is 1.63 bits per heavy atom. The third-order valence-corrected chi connectivity index (χ3v) is 12.2. The zero-order chi connectivity index (χ0) is 41.6. The molecule has 0 amide bonds. The number of benzene rings is 6. The quantitative estimate of drug-likeness (QED) is 0.0333. The molecule has 0 aromatic heterocycles. The predicted octanol–water partition coefficient (Wildman–Crippen LogP) is 11.0. The van der Waals surface area contributed by atoms with Crippen LogP contribution in [0.15, 0.2) is 143 Å². The number of hydrogen-bond acceptors (Lipinski definition) is 11. The van der Waals surface area contributed by atoms with Crippen molar-refractivity contribution in [2.75, 3.05) is 7.11 Å². The molecule has 59 heavy (non-hydrogen) atoms. The maximum Gasteiger partial charge on any atom is 0.298 e. The van der Waals surface area contributed by atoms with Gasteiger partial charge in [-0.15, -0.1) is 4.33 Å². The molecule has 1 saturated carbocycles. The van der Waals surface area contributed by atoms with Crippen LogP contribution in [0, 0.1) is 6.92 Å². The SMILES string of the molecule is COc1ccc(C(=O)c2ccc(Oc3ccc(C4(c5ccc(Oc6ccc(C(=O)c7ccc(C)c(SOOO)c7)cc6S(=O)(=O)O)cc5)CCCCC4)cc3)cc2)cc1. The fourth-order valence-electron chi connectivity index (χ4n) is 7.41. The summed E-state index contributed by atoms with van der Waals surface area (Å²) >= 11 is 0.699. The van der Waals surface area contributed by atoms with Crippen molar-refractivity contribution in [2.45, 2.75) is 54.2 Å². The van der Waals surface area contributed by atoms with Crippen molar-refractivity contribution in [3.05, 3.63) is 172 Å². The minimum absolute atomic E-state index is 0.00488. The first-order chi connectivity index (χ1) is 28.5. The molecule has 0 atom stereocenters. The number of ketones is 2. The summed E-state index contributed by atoms with van der Waals surface area (Å²) in [5, 5.41) is 12.2. The molecule has 0 heterocycles. The molecule has 7 rings (SSSR count). The van der Waals surface area contributed by atoms with Gasteiger partial charge in [0.05, 0.1) is 19.2 Å². The Bertz CT molecular complexity index is 2550. The Morgan fingerprint density at radius 2 is 1.08 bits per heavy atom. The molecule has 2 N–H and O–H groups in total. The predicted molar refractivity (Wildman–Crippen MR) is 221 cm³/mol. The summed E-state index contributed by atoms with van der Waals surface area (Å²) in [6.45, 7) is 1.77. The van der Waals surface area contributed by atoms with Gasteiger partial charge in [0, 0.05) is 32.6 Å². The highest BCUT2D eigenvalue weighted by Crippen LogP contribution is 2.46. The number of ether oxygens (including phenoxy) is 3. The van der Waals surface area contributed by atoms with E-state index in [4.69, 9.17) is 19.5 Å². The lowest BCUT2D eigenvalue weighted by atomic mass is 9.65. The standard InChI is InChI=1S/C46H40O11S2/c1-30-6-7-33(28-42(30)58-57-56-49)45(48)34-12-25-41(43(29-34)59(50,51)52)55-40-23-15-36(16-24-40)46(26-4-3-5-27-46)35-13-21-39(22-14-35)54-38-19-10-32(11-20-38)44(47)31-8-17-37(53-2)18-9-31/h6-25,28-29,49H,3-5,26-27H2,1-2H3,(H,50,51,52). The average Bonchev–Trinajstić information content (AvgIpc) is 3.26. The molecule has 6 aromatic rings. The lowest BCUT2D eigenvalue weighted by Crippen LogP contribution is -2.30.